The average molecular weight is 212 g/mol. The highest BCUT2D eigenvalue weighted by atomic mass is 16.5. The summed E-state index contributed by atoms with van der Waals surface area (Å²) in [6.07, 6.45) is 8.21. The Morgan fingerprint density at radius 3 is 2.73 bits per heavy atom. The monoisotopic (exact) mass is 212 g/mol. The molecular weight excluding hydrogens is 188 g/mol. The summed E-state index contributed by atoms with van der Waals surface area (Å²) in [6.45, 7) is 3.13. The minimum absolute atomic E-state index is 0.436. The Kier molecular flexibility index (Phi) is 4.00. The van der Waals surface area contributed by atoms with Gasteiger partial charge in [-0.05, 0) is 25.2 Å². The Morgan fingerprint density at radius 2 is 2.20 bits per heavy atom. The molecule has 3 unspecified atom stereocenters. The zero-order valence-electron chi connectivity index (χ0n) is 9.74. The molecule has 2 fully saturated rings. The van der Waals surface area contributed by atoms with Crippen molar-refractivity contribution in [3.05, 3.63) is 0 Å². The van der Waals surface area contributed by atoms with Gasteiger partial charge in [-0.15, -0.1) is 0 Å². The molecule has 0 radical (unpaired) electrons. The Labute approximate surface area is 92.7 Å². The minimum atomic E-state index is 0.436. The van der Waals surface area contributed by atoms with Crippen LogP contribution in [0.1, 0.15) is 45.4 Å². The lowest BCUT2D eigenvalue weighted by atomic mass is 9.77. The molecule has 3 N–H and O–H groups in total. The largest absolute Gasteiger partial charge is 0.378 e. The van der Waals surface area contributed by atoms with Gasteiger partial charge in [0.15, 0.2) is 0 Å². The van der Waals surface area contributed by atoms with Crippen molar-refractivity contribution in [2.45, 2.75) is 57.6 Å². The van der Waals surface area contributed by atoms with Gasteiger partial charge in [0.2, 0.25) is 0 Å². The molecule has 1 aliphatic heterocycles. The van der Waals surface area contributed by atoms with Crippen LogP contribution in [0.4, 0.5) is 0 Å². The van der Waals surface area contributed by atoms with E-state index in [1.165, 1.54) is 32.1 Å². The Morgan fingerprint density at radius 1 is 1.40 bits per heavy atom. The van der Waals surface area contributed by atoms with Crippen LogP contribution in [0.25, 0.3) is 0 Å². The van der Waals surface area contributed by atoms with Gasteiger partial charge in [0.05, 0.1) is 6.10 Å². The van der Waals surface area contributed by atoms with Crippen molar-refractivity contribution in [3.8, 4) is 0 Å². The molecule has 2 rings (SSSR count). The lowest BCUT2D eigenvalue weighted by Crippen LogP contribution is -2.45. The molecule has 1 heterocycles. The number of ether oxygens (including phenoxy) is 1. The second-order valence-corrected chi connectivity index (χ2v) is 5.08. The third kappa shape index (κ3) is 2.52. The maximum atomic E-state index is 5.74. The Bertz CT molecular complexity index is 194. The Hall–Kier alpha value is -0.120. The van der Waals surface area contributed by atoms with E-state index >= 15 is 0 Å². The average Bonchev–Trinajstić information content (AvgIpc) is 2.64. The van der Waals surface area contributed by atoms with Crippen LogP contribution in [0.5, 0.6) is 0 Å². The van der Waals surface area contributed by atoms with Gasteiger partial charge in [-0.25, -0.2) is 0 Å². The van der Waals surface area contributed by atoms with Crippen LogP contribution < -0.4 is 11.3 Å². The van der Waals surface area contributed by atoms with E-state index < -0.39 is 0 Å². The van der Waals surface area contributed by atoms with E-state index in [9.17, 15) is 0 Å². The highest BCUT2D eigenvalue weighted by Crippen LogP contribution is 2.35. The molecule has 88 valence electrons. The zero-order chi connectivity index (χ0) is 10.7. The SMILES string of the molecule is CCC1OCCC1C(CC1CCC1)NN. The first-order chi connectivity index (χ1) is 7.35. The fraction of sp³-hybridized carbons (Fsp3) is 1.00. The van der Waals surface area contributed by atoms with Gasteiger partial charge in [0.25, 0.3) is 0 Å². The van der Waals surface area contributed by atoms with Crippen molar-refractivity contribution < 1.29 is 4.74 Å². The van der Waals surface area contributed by atoms with Crippen LogP contribution in [-0.2, 0) is 4.74 Å². The summed E-state index contributed by atoms with van der Waals surface area (Å²) in [6, 6.07) is 0.475. The highest BCUT2D eigenvalue weighted by molar-refractivity contribution is 4.87. The van der Waals surface area contributed by atoms with Gasteiger partial charge >= 0.3 is 0 Å². The summed E-state index contributed by atoms with van der Waals surface area (Å²) in [5.41, 5.74) is 3.03. The van der Waals surface area contributed by atoms with Crippen molar-refractivity contribution in [3.63, 3.8) is 0 Å². The maximum Gasteiger partial charge on any atom is 0.0616 e. The summed E-state index contributed by atoms with van der Waals surface area (Å²) in [4.78, 5) is 0. The lowest BCUT2D eigenvalue weighted by Gasteiger charge is -2.33. The maximum absolute atomic E-state index is 5.74. The molecule has 15 heavy (non-hydrogen) atoms. The first kappa shape index (κ1) is 11.4. The zero-order valence-corrected chi connectivity index (χ0v) is 9.74. The second-order valence-electron chi connectivity index (χ2n) is 5.08. The molecule has 1 aliphatic carbocycles. The van der Waals surface area contributed by atoms with E-state index in [1.807, 2.05) is 0 Å². The molecule has 0 spiro atoms. The molecule has 1 saturated heterocycles. The molecule has 3 heteroatoms. The van der Waals surface area contributed by atoms with Crippen molar-refractivity contribution in [1.29, 1.82) is 0 Å². The fourth-order valence-corrected chi connectivity index (χ4v) is 3.00. The molecule has 0 amide bonds. The predicted molar refractivity (Wildman–Crippen MR) is 61.2 cm³/mol. The second kappa shape index (κ2) is 5.28. The smallest absolute Gasteiger partial charge is 0.0616 e. The lowest BCUT2D eigenvalue weighted by molar-refractivity contribution is 0.0716. The van der Waals surface area contributed by atoms with Gasteiger partial charge in [0, 0.05) is 18.6 Å². The highest BCUT2D eigenvalue weighted by Gasteiger charge is 2.35. The molecule has 0 aromatic carbocycles. The topological polar surface area (TPSA) is 47.3 Å². The standard InChI is InChI=1S/C12H24N2O/c1-2-12-10(6-7-15-12)11(14-13)8-9-4-3-5-9/h9-12,14H,2-8,13H2,1H3. The number of hydrogen-bond acceptors (Lipinski definition) is 3. The van der Waals surface area contributed by atoms with E-state index in [4.69, 9.17) is 10.6 Å². The van der Waals surface area contributed by atoms with Crippen LogP contribution in [0.2, 0.25) is 0 Å². The quantitative estimate of drug-likeness (QED) is 0.540. The van der Waals surface area contributed by atoms with Gasteiger partial charge in [-0.2, -0.15) is 0 Å². The molecular formula is C12H24N2O. The van der Waals surface area contributed by atoms with Gasteiger partial charge in [-0.3, -0.25) is 11.3 Å². The molecule has 1 saturated carbocycles. The summed E-state index contributed by atoms with van der Waals surface area (Å²) < 4.78 is 5.74. The number of nitrogens with two attached hydrogens (primary N) is 1. The van der Waals surface area contributed by atoms with Gasteiger partial charge in [0.1, 0.15) is 0 Å². The summed E-state index contributed by atoms with van der Waals surface area (Å²) >= 11 is 0. The molecule has 3 nitrogen and oxygen atoms in total. The van der Waals surface area contributed by atoms with Crippen molar-refractivity contribution in [1.82, 2.24) is 5.43 Å². The molecule has 2 aliphatic rings. The Balaban J connectivity index is 1.86. The van der Waals surface area contributed by atoms with Crippen molar-refractivity contribution in [2.75, 3.05) is 6.61 Å². The van der Waals surface area contributed by atoms with E-state index in [1.54, 1.807) is 0 Å². The van der Waals surface area contributed by atoms with E-state index in [0.29, 0.717) is 18.1 Å². The molecule has 3 atom stereocenters. The van der Waals surface area contributed by atoms with E-state index in [0.717, 1.165) is 18.9 Å². The molecule has 0 aromatic rings. The predicted octanol–water partition coefficient (Wildman–Crippen LogP) is 1.82. The third-order valence-electron chi connectivity index (χ3n) is 4.21. The first-order valence-corrected chi connectivity index (χ1v) is 6.42. The summed E-state index contributed by atoms with van der Waals surface area (Å²) in [7, 11) is 0. The van der Waals surface area contributed by atoms with Crippen LogP contribution >= 0.6 is 0 Å². The van der Waals surface area contributed by atoms with Crippen molar-refractivity contribution >= 4 is 0 Å². The van der Waals surface area contributed by atoms with Crippen LogP contribution in [0, 0.1) is 11.8 Å². The van der Waals surface area contributed by atoms with Crippen LogP contribution in [-0.4, -0.2) is 18.8 Å². The van der Waals surface area contributed by atoms with Crippen LogP contribution in [0.15, 0.2) is 0 Å². The van der Waals surface area contributed by atoms with Gasteiger partial charge < -0.3 is 4.74 Å². The summed E-state index contributed by atoms with van der Waals surface area (Å²) in [5, 5.41) is 0. The van der Waals surface area contributed by atoms with Crippen LogP contribution in [0.3, 0.4) is 0 Å². The number of hydrazine groups is 1. The first-order valence-electron chi connectivity index (χ1n) is 6.42. The van der Waals surface area contributed by atoms with Gasteiger partial charge in [-0.1, -0.05) is 26.2 Å². The third-order valence-corrected chi connectivity index (χ3v) is 4.21. The number of hydrogen-bond donors (Lipinski definition) is 2. The normalized spacial score (nSPS) is 34.0. The number of rotatable bonds is 5. The molecule has 0 aromatic heterocycles. The van der Waals surface area contributed by atoms with E-state index in [-0.39, 0.29) is 0 Å². The number of nitrogens with one attached hydrogen (secondary N) is 1. The fourth-order valence-electron chi connectivity index (χ4n) is 3.00. The van der Waals surface area contributed by atoms with Crippen molar-refractivity contribution in [2.24, 2.45) is 17.7 Å². The van der Waals surface area contributed by atoms with E-state index in [2.05, 4.69) is 12.3 Å². The summed E-state index contributed by atoms with van der Waals surface area (Å²) in [5.74, 6) is 7.25. The minimum Gasteiger partial charge on any atom is -0.378 e. The molecule has 0 bridgehead atoms.